The molecule has 0 bridgehead atoms. The Morgan fingerprint density at radius 2 is 2.04 bits per heavy atom. The molecule has 1 heterocycles. The first-order valence-electron chi connectivity index (χ1n) is 7.91. The Hall–Kier alpha value is -2.08. The molecule has 1 saturated heterocycles. The molecular weight excluding hydrogens is 296 g/mol. The van der Waals surface area contributed by atoms with Gasteiger partial charge in [-0.1, -0.05) is 30.3 Å². The van der Waals surface area contributed by atoms with E-state index in [4.69, 9.17) is 15.2 Å². The third-order valence-corrected chi connectivity index (χ3v) is 5.07. The Bertz CT molecular complexity index is 592. The van der Waals surface area contributed by atoms with Crippen LogP contribution in [0.2, 0.25) is 0 Å². The first kappa shape index (κ1) is 15.8. The van der Waals surface area contributed by atoms with Crippen molar-refractivity contribution < 1.29 is 19.1 Å². The van der Waals surface area contributed by atoms with Crippen molar-refractivity contribution in [2.24, 2.45) is 11.7 Å². The van der Waals surface area contributed by atoms with Crippen molar-refractivity contribution >= 4 is 12.1 Å². The van der Waals surface area contributed by atoms with Gasteiger partial charge in [0.05, 0.1) is 7.11 Å². The number of fused-ring (bicyclic) bond motifs is 1. The van der Waals surface area contributed by atoms with Crippen molar-refractivity contribution in [3.63, 3.8) is 0 Å². The third kappa shape index (κ3) is 2.79. The van der Waals surface area contributed by atoms with E-state index in [9.17, 15) is 9.59 Å². The number of likely N-dealkylation sites (tertiary alicyclic amines) is 1. The van der Waals surface area contributed by atoms with E-state index in [2.05, 4.69) is 0 Å². The molecule has 1 aliphatic heterocycles. The van der Waals surface area contributed by atoms with Crippen LogP contribution in [0.1, 0.15) is 24.8 Å². The van der Waals surface area contributed by atoms with E-state index >= 15 is 0 Å². The topological polar surface area (TPSA) is 81.9 Å². The minimum absolute atomic E-state index is 0.0314. The zero-order valence-corrected chi connectivity index (χ0v) is 13.2. The van der Waals surface area contributed by atoms with Crippen molar-refractivity contribution in [2.45, 2.75) is 37.5 Å². The third-order valence-electron chi connectivity index (χ3n) is 5.07. The molecule has 1 aliphatic carbocycles. The maximum Gasteiger partial charge on any atom is 0.410 e. The van der Waals surface area contributed by atoms with Gasteiger partial charge in [-0.25, -0.2) is 4.79 Å². The van der Waals surface area contributed by atoms with E-state index in [1.54, 1.807) is 4.90 Å². The number of methoxy groups -OCH3 is 1. The van der Waals surface area contributed by atoms with Crippen LogP contribution in [0, 0.1) is 5.92 Å². The standard InChI is InChI=1S/C17H22N2O4/c1-22-15(20)17(18)9-10-19(14-8-7-13(14)17)16(21)23-11-12-5-3-2-4-6-12/h2-6,13-14H,7-11,18H2,1H3. The quantitative estimate of drug-likeness (QED) is 0.858. The fraction of sp³-hybridized carbons (Fsp3) is 0.529. The van der Waals surface area contributed by atoms with Crippen LogP contribution < -0.4 is 5.73 Å². The lowest BCUT2D eigenvalue weighted by Crippen LogP contribution is -2.70. The van der Waals surface area contributed by atoms with Crippen LogP contribution in [0.4, 0.5) is 4.79 Å². The van der Waals surface area contributed by atoms with Crippen LogP contribution >= 0.6 is 0 Å². The van der Waals surface area contributed by atoms with Gasteiger partial charge >= 0.3 is 12.1 Å². The average molecular weight is 318 g/mol. The summed E-state index contributed by atoms with van der Waals surface area (Å²) in [7, 11) is 1.35. The maximum absolute atomic E-state index is 12.4. The number of nitrogens with two attached hydrogens (primary N) is 1. The van der Waals surface area contributed by atoms with E-state index in [0.29, 0.717) is 13.0 Å². The van der Waals surface area contributed by atoms with Crippen LogP contribution in [-0.2, 0) is 20.9 Å². The van der Waals surface area contributed by atoms with Crippen LogP contribution in [0.3, 0.4) is 0 Å². The van der Waals surface area contributed by atoms with E-state index < -0.39 is 5.54 Å². The first-order chi connectivity index (χ1) is 11.1. The summed E-state index contributed by atoms with van der Waals surface area (Å²) in [6.07, 6.45) is 1.75. The molecule has 3 atom stereocenters. The van der Waals surface area contributed by atoms with E-state index in [0.717, 1.165) is 18.4 Å². The monoisotopic (exact) mass is 318 g/mol. The lowest BCUT2D eigenvalue weighted by molar-refractivity contribution is -0.157. The van der Waals surface area contributed by atoms with Gasteiger partial charge in [-0.2, -0.15) is 0 Å². The van der Waals surface area contributed by atoms with Crippen molar-refractivity contribution in [2.75, 3.05) is 13.7 Å². The average Bonchev–Trinajstić information content (AvgIpc) is 2.54. The molecule has 0 aromatic heterocycles. The first-order valence-corrected chi connectivity index (χ1v) is 7.91. The normalized spacial score (nSPS) is 29.2. The number of ether oxygens (including phenoxy) is 2. The van der Waals surface area contributed by atoms with E-state index in [1.807, 2.05) is 30.3 Å². The highest BCUT2D eigenvalue weighted by Crippen LogP contribution is 2.44. The number of piperidine rings is 1. The Labute approximate surface area is 135 Å². The molecule has 3 unspecified atom stereocenters. The van der Waals surface area contributed by atoms with Gasteiger partial charge in [-0.15, -0.1) is 0 Å². The summed E-state index contributed by atoms with van der Waals surface area (Å²) in [4.78, 5) is 26.1. The molecule has 2 aliphatic rings. The second-order valence-electron chi connectivity index (χ2n) is 6.27. The van der Waals surface area contributed by atoms with Gasteiger partial charge in [0.2, 0.25) is 0 Å². The van der Waals surface area contributed by atoms with Crippen LogP contribution in [0.15, 0.2) is 30.3 Å². The molecule has 0 spiro atoms. The SMILES string of the molecule is COC(=O)C1(N)CCN(C(=O)OCc2ccccc2)C2CCC21. The van der Waals surface area contributed by atoms with Crippen LogP contribution in [-0.4, -0.2) is 42.2 Å². The molecule has 2 fully saturated rings. The lowest BCUT2D eigenvalue weighted by Gasteiger charge is -2.54. The maximum atomic E-state index is 12.4. The molecule has 124 valence electrons. The van der Waals surface area contributed by atoms with Crippen molar-refractivity contribution in [3.8, 4) is 0 Å². The Balaban J connectivity index is 1.62. The molecule has 3 rings (SSSR count). The van der Waals surface area contributed by atoms with Gasteiger partial charge in [0.25, 0.3) is 0 Å². The summed E-state index contributed by atoms with van der Waals surface area (Å²) in [5.74, 6) is -0.433. The Morgan fingerprint density at radius 1 is 1.30 bits per heavy atom. The molecule has 6 nitrogen and oxygen atoms in total. The van der Waals surface area contributed by atoms with Crippen LogP contribution in [0.25, 0.3) is 0 Å². The second-order valence-corrected chi connectivity index (χ2v) is 6.27. The van der Waals surface area contributed by atoms with Crippen LogP contribution in [0.5, 0.6) is 0 Å². The summed E-state index contributed by atoms with van der Waals surface area (Å²) in [6.45, 7) is 0.665. The summed E-state index contributed by atoms with van der Waals surface area (Å²) in [5.41, 5.74) is 6.24. The zero-order valence-electron chi connectivity index (χ0n) is 13.2. The van der Waals surface area contributed by atoms with Gasteiger partial charge in [0.15, 0.2) is 0 Å². The van der Waals surface area contributed by atoms with Gasteiger partial charge < -0.3 is 20.1 Å². The van der Waals surface area contributed by atoms with Crippen molar-refractivity contribution in [3.05, 3.63) is 35.9 Å². The fourth-order valence-electron chi connectivity index (χ4n) is 3.59. The number of carbonyl (C=O) groups excluding carboxylic acids is 2. The Kier molecular flexibility index (Phi) is 4.26. The summed E-state index contributed by atoms with van der Waals surface area (Å²) in [6, 6.07) is 9.53. The predicted molar refractivity (Wildman–Crippen MR) is 83.4 cm³/mol. The number of hydrogen-bond donors (Lipinski definition) is 1. The van der Waals surface area contributed by atoms with Gasteiger partial charge in [0.1, 0.15) is 12.1 Å². The lowest BCUT2D eigenvalue weighted by atomic mass is 9.63. The number of hydrogen-bond acceptors (Lipinski definition) is 5. The molecule has 2 N–H and O–H groups in total. The van der Waals surface area contributed by atoms with Crippen molar-refractivity contribution in [1.82, 2.24) is 4.90 Å². The summed E-state index contributed by atoms with van der Waals surface area (Å²) >= 11 is 0. The summed E-state index contributed by atoms with van der Waals surface area (Å²) in [5, 5.41) is 0. The molecule has 1 aromatic rings. The number of rotatable bonds is 3. The number of amides is 1. The zero-order chi connectivity index (χ0) is 16.4. The number of nitrogens with zero attached hydrogens (tertiary/aromatic N) is 1. The Morgan fingerprint density at radius 3 is 2.65 bits per heavy atom. The minimum atomic E-state index is -0.978. The highest BCUT2D eigenvalue weighted by molar-refractivity contribution is 5.82. The summed E-state index contributed by atoms with van der Waals surface area (Å²) < 4.78 is 10.3. The minimum Gasteiger partial charge on any atom is -0.468 e. The molecule has 1 aromatic carbocycles. The highest BCUT2D eigenvalue weighted by atomic mass is 16.6. The van der Waals surface area contributed by atoms with Crippen molar-refractivity contribution in [1.29, 1.82) is 0 Å². The molecule has 1 amide bonds. The fourth-order valence-corrected chi connectivity index (χ4v) is 3.59. The predicted octanol–water partition coefficient (Wildman–Crippen LogP) is 1.68. The molecule has 6 heteroatoms. The second kappa shape index (κ2) is 6.20. The highest BCUT2D eigenvalue weighted by Gasteiger charge is 2.56. The number of benzene rings is 1. The van der Waals surface area contributed by atoms with Gasteiger partial charge in [-0.05, 0) is 24.8 Å². The van der Waals surface area contributed by atoms with E-state index in [-0.39, 0.29) is 30.6 Å². The molecule has 1 saturated carbocycles. The van der Waals surface area contributed by atoms with Gasteiger partial charge in [0, 0.05) is 18.5 Å². The number of carbonyl (C=O) groups is 2. The van der Waals surface area contributed by atoms with E-state index in [1.165, 1.54) is 7.11 Å². The van der Waals surface area contributed by atoms with Gasteiger partial charge in [-0.3, -0.25) is 4.79 Å². The molecule has 0 radical (unpaired) electrons. The number of esters is 1. The molecule has 23 heavy (non-hydrogen) atoms. The largest absolute Gasteiger partial charge is 0.468 e. The molecular formula is C17H22N2O4. The smallest absolute Gasteiger partial charge is 0.410 e.